The Morgan fingerprint density at radius 1 is 1.20 bits per heavy atom. The number of aromatic nitrogens is 2. The van der Waals surface area contributed by atoms with E-state index in [9.17, 15) is 4.79 Å². The lowest BCUT2D eigenvalue weighted by molar-refractivity contribution is 0.0610. The Morgan fingerprint density at radius 3 is 2.54 bits per heavy atom. The van der Waals surface area contributed by atoms with Gasteiger partial charge in [0.1, 0.15) is 0 Å². The molecule has 0 aliphatic carbocycles. The van der Waals surface area contributed by atoms with Gasteiger partial charge in [-0.3, -0.25) is 14.6 Å². The van der Waals surface area contributed by atoms with E-state index in [1.165, 1.54) is 12.6 Å². The van der Waals surface area contributed by atoms with Gasteiger partial charge in [0.25, 0.3) is 5.91 Å². The lowest BCUT2D eigenvalue weighted by Crippen LogP contribution is -2.58. The maximum Gasteiger partial charge on any atom is 0.273 e. The number of piperidine rings is 1. The molecule has 9 heteroatoms. The number of nitrogens with one attached hydrogen (secondary N) is 1. The van der Waals surface area contributed by atoms with E-state index in [-0.39, 0.29) is 16.7 Å². The molecule has 35 heavy (non-hydrogen) atoms. The van der Waals surface area contributed by atoms with Gasteiger partial charge in [0.15, 0.2) is 22.5 Å². The number of nitrogen functional groups attached to an aromatic ring is 1. The van der Waals surface area contributed by atoms with Crippen LogP contribution in [0.15, 0.2) is 24.3 Å². The first kappa shape index (κ1) is 25.2. The van der Waals surface area contributed by atoms with Crippen molar-refractivity contribution in [1.82, 2.24) is 25.1 Å². The number of amides is 1. The number of halogens is 1. The number of carbonyl (C=O) groups is 1. The number of anilines is 2. The molecule has 1 aromatic carbocycles. The van der Waals surface area contributed by atoms with Gasteiger partial charge < -0.3 is 16.0 Å². The molecule has 0 unspecified atom stereocenters. The lowest BCUT2D eigenvalue weighted by atomic mass is 9.97. The summed E-state index contributed by atoms with van der Waals surface area (Å²) in [6.07, 6.45) is 8.83. The number of carbonyl (C=O) groups excluding carboxylic acids is 1. The summed E-state index contributed by atoms with van der Waals surface area (Å²) in [5.74, 6) is 2.94. The Balaban J connectivity index is 1.36. The van der Waals surface area contributed by atoms with Gasteiger partial charge in [0, 0.05) is 50.9 Å². The smallest absolute Gasteiger partial charge is 0.273 e. The molecule has 0 bridgehead atoms. The van der Waals surface area contributed by atoms with Gasteiger partial charge in [-0.05, 0) is 50.0 Å². The van der Waals surface area contributed by atoms with Crippen molar-refractivity contribution in [3.8, 4) is 12.3 Å². The molecule has 0 saturated carbocycles. The van der Waals surface area contributed by atoms with Crippen molar-refractivity contribution in [2.45, 2.75) is 44.8 Å². The first-order chi connectivity index (χ1) is 16.9. The number of piperazine rings is 1. The molecule has 186 valence electrons. The second-order valence-electron chi connectivity index (χ2n) is 9.25. The highest BCUT2D eigenvalue weighted by Gasteiger charge is 2.34. The van der Waals surface area contributed by atoms with Crippen LogP contribution in [0.2, 0.25) is 5.15 Å². The number of nitrogens with zero attached hydrogens (tertiary/aromatic N) is 5. The van der Waals surface area contributed by atoms with Gasteiger partial charge >= 0.3 is 0 Å². The average Bonchev–Trinajstić information content (AvgIpc) is 2.90. The Labute approximate surface area is 212 Å². The Kier molecular flexibility index (Phi) is 8.11. The van der Waals surface area contributed by atoms with Crippen molar-refractivity contribution in [2.24, 2.45) is 0 Å². The van der Waals surface area contributed by atoms with Crippen LogP contribution in [-0.4, -0.2) is 77.5 Å². The average molecular weight is 496 g/mol. The fraction of sp³-hybridized carbons (Fsp3) is 0.500. The summed E-state index contributed by atoms with van der Waals surface area (Å²) >= 11 is 6.43. The van der Waals surface area contributed by atoms with E-state index in [0.29, 0.717) is 17.9 Å². The number of benzene rings is 1. The summed E-state index contributed by atoms with van der Waals surface area (Å²) in [5, 5.41) is 2.73. The maximum absolute atomic E-state index is 12.0. The van der Waals surface area contributed by atoms with Crippen LogP contribution in [0, 0.1) is 12.3 Å². The zero-order valence-electron chi connectivity index (χ0n) is 20.5. The van der Waals surface area contributed by atoms with E-state index in [1.54, 1.807) is 0 Å². The van der Waals surface area contributed by atoms with Crippen molar-refractivity contribution >= 4 is 29.1 Å². The molecule has 2 fully saturated rings. The molecule has 2 aromatic rings. The first-order valence-corrected chi connectivity index (χ1v) is 12.6. The standard InChI is InChI=1S/C26H34ClN7O/c1-4-18-6-8-19(9-7-18)16-32-12-10-21(11-13-32)34-15-14-33(17-20(34)5-2)25-23(27)30-22(24(28)31-25)26(35)29-3/h1,6-9,20-21H,5,10-17H2,2-3H3,(H2,28,31)(H,29,35)/t20-/m0/s1. The largest absolute Gasteiger partial charge is 0.382 e. The van der Waals surface area contributed by atoms with Crippen LogP contribution in [-0.2, 0) is 6.54 Å². The minimum Gasteiger partial charge on any atom is -0.382 e. The third-order valence-corrected chi connectivity index (χ3v) is 7.41. The Bertz CT molecular complexity index is 1080. The molecule has 4 rings (SSSR count). The van der Waals surface area contributed by atoms with Crippen LogP contribution in [0.1, 0.15) is 47.8 Å². The van der Waals surface area contributed by atoms with E-state index >= 15 is 0 Å². The zero-order chi connectivity index (χ0) is 24.9. The monoisotopic (exact) mass is 495 g/mol. The predicted octanol–water partition coefficient (Wildman–Crippen LogP) is 2.62. The molecule has 3 N–H and O–H groups in total. The predicted molar refractivity (Wildman–Crippen MR) is 141 cm³/mol. The number of likely N-dealkylation sites (tertiary alicyclic amines) is 1. The van der Waals surface area contributed by atoms with Gasteiger partial charge in [-0.15, -0.1) is 6.42 Å². The molecule has 1 atom stereocenters. The summed E-state index contributed by atoms with van der Waals surface area (Å²) in [6, 6.07) is 9.28. The second kappa shape index (κ2) is 11.3. The van der Waals surface area contributed by atoms with Crippen molar-refractivity contribution < 1.29 is 4.79 Å². The third kappa shape index (κ3) is 5.69. The normalized spacial score (nSPS) is 19.9. The summed E-state index contributed by atoms with van der Waals surface area (Å²) in [5.41, 5.74) is 8.32. The van der Waals surface area contributed by atoms with Crippen molar-refractivity contribution in [3.63, 3.8) is 0 Å². The highest BCUT2D eigenvalue weighted by molar-refractivity contribution is 6.32. The van der Waals surface area contributed by atoms with Gasteiger partial charge in [0.2, 0.25) is 0 Å². The molecule has 2 aliphatic heterocycles. The highest BCUT2D eigenvalue weighted by atomic mass is 35.5. The molecule has 1 amide bonds. The summed E-state index contributed by atoms with van der Waals surface area (Å²) in [7, 11) is 1.53. The number of hydrogen-bond acceptors (Lipinski definition) is 7. The van der Waals surface area contributed by atoms with Crippen molar-refractivity contribution in [2.75, 3.05) is 50.4 Å². The third-order valence-electron chi connectivity index (χ3n) is 7.16. The van der Waals surface area contributed by atoms with E-state index in [1.807, 2.05) is 12.1 Å². The van der Waals surface area contributed by atoms with Crippen LogP contribution in [0.4, 0.5) is 11.6 Å². The molecular weight excluding hydrogens is 462 g/mol. The number of terminal acetylenes is 1. The number of hydrogen-bond donors (Lipinski definition) is 2. The van der Waals surface area contributed by atoms with Gasteiger partial charge in [0.05, 0.1) is 0 Å². The Morgan fingerprint density at radius 2 is 1.91 bits per heavy atom. The second-order valence-corrected chi connectivity index (χ2v) is 9.60. The maximum atomic E-state index is 12.0. The van der Waals surface area contributed by atoms with Crippen molar-refractivity contribution in [1.29, 1.82) is 0 Å². The zero-order valence-corrected chi connectivity index (χ0v) is 21.3. The molecule has 8 nitrogen and oxygen atoms in total. The lowest BCUT2D eigenvalue weighted by Gasteiger charge is -2.47. The van der Waals surface area contributed by atoms with E-state index < -0.39 is 5.91 Å². The molecule has 1 aromatic heterocycles. The van der Waals surface area contributed by atoms with E-state index in [2.05, 4.69) is 55.0 Å². The topological polar surface area (TPSA) is 90.6 Å². The van der Waals surface area contributed by atoms with Crippen molar-refractivity contribution in [3.05, 3.63) is 46.2 Å². The van der Waals surface area contributed by atoms with Crippen LogP contribution in [0.5, 0.6) is 0 Å². The minimum absolute atomic E-state index is 0.0608. The van der Waals surface area contributed by atoms with Crippen LogP contribution < -0.4 is 16.0 Å². The SMILES string of the molecule is C#Cc1ccc(CN2CCC(N3CCN(c4nc(N)c(C(=O)NC)nc4Cl)C[C@@H]3CC)CC2)cc1. The quantitative estimate of drug-likeness (QED) is 0.595. The molecule has 2 aliphatic rings. The van der Waals surface area contributed by atoms with Gasteiger partial charge in [-0.2, -0.15) is 0 Å². The fourth-order valence-corrected chi connectivity index (χ4v) is 5.43. The first-order valence-electron chi connectivity index (χ1n) is 12.3. The summed E-state index contributed by atoms with van der Waals surface area (Å²) in [4.78, 5) is 28.0. The fourth-order valence-electron chi connectivity index (χ4n) is 5.18. The van der Waals surface area contributed by atoms with Crippen LogP contribution >= 0.6 is 11.6 Å². The minimum atomic E-state index is -0.393. The van der Waals surface area contributed by atoms with E-state index in [4.69, 9.17) is 23.8 Å². The number of nitrogens with two attached hydrogens (primary N) is 1. The summed E-state index contributed by atoms with van der Waals surface area (Å²) in [6.45, 7) is 7.92. The molecular formula is C26H34ClN7O. The molecule has 0 radical (unpaired) electrons. The summed E-state index contributed by atoms with van der Waals surface area (Å²) < 4.78 is 0. The van der Waals surface area contributed by atoms with Gasteiger partial charge in [-0.1, -0.05) is 36.6 Å². The van der Waals surface area contributed by atoms with Gasteiger partial charge in [-0.25, -0.2) is 9.97 Å². The van der Waals surface area contributed by atoms with Crippen LogP contribution in [0.3, 0.4) is 0 Å². The molecule has 2 saturated heterocycles. The molecule has 0 spiro atoms. The molecule has 3 heterocycles. The Hall–Kier alpha value is -2.86. The highest BCUT2D eigenvalue weighted by Crippen LogP contribution is 2.30. The van der Waals surface area contributed by atoms with Crippen LogP contribution in [0.25, 0.3) is 0 Å². The number of rotatable bonds is 6. The van der Waals surface area contributed by atoms with E-state index in [0.717, 1.165) is 64.1 Å².